The predicted octanol–water partition coefficient (Wildman–Crippen LogP) is 16.3. The minimum atomic E-state index is -0.0903. The van der Waals surface area contributed by atoms with E-state index in [9.17, 15) is 0 Å². The minimum absolute atomic E-state index is 0.0903. The first-order chi connectivity index (χ1) is 29.0. The summed E-state index contributed by atoms with van der Waals surface area (Å²) in [6.07, 6.45) is 0. The minimum Gasteiger partial charge on any atom is -0.310 e. The van der Waals surface area contributed by atoms with Gasteiger partial charge in [0.1, 0.15) is 9.66 Å². The molecule has 0 atom stereocenters. The first-order valence-corrected chi connectivity index (χ1v) is 21.9. The van der Waals surface area contributed by atoms with Crippen LogP contribution >= 0.6 is 22.7 Å². The zero-order valence-corrected chi connectivity index (χ0v) is 34.3. The van der Waals surface area contributed by atoms with Crippen LogP contribution in [-0.4, -0.2) is 4.57 Å². The molecule has 0 amide bonds. The number of rotatable bonds is 6. The third-order valence-corrected chi connectivity index (χ3v) is 14.8. The maximum Gasteiger partial charge on any atom is 0.110 e. The highest BCUT2D eigenvalue weighted by Gasteiger charge is 2.35. The molecule has 59 heavy (non-hydrogen) atoms. The van der Waals surface area contributed by atoms with E-state index in [0.29, 0.717) is 0 Å². The quantitative estimate of drug-likeness (QED) is 0.163. The van der Waals surface area contributed by atoms with Gasteiger partial charge in [-0.1, -0.05) is 147 Å². The fourth-order valence-electron chi connectivity index (χ4n) is 9.51. The molecule has 280 valence electrons. The molecule has 1 aliphatic rings. The van der Waals surface area contributed by atoms with Crippen LogP contribution in [0.2, 0.25) is 0 Å². The molecular formula is C55H38N2S2. The van der Waals surface area contributed by atoms with Gasteiger partial charge in [-0.25, -0.2) is 0 Å². The van der Waals surface area contributed by atoms with Crippen molar-refractivity contribution in [3.05, 3.63) is 205 Å². The van der Waals surface area contributed by atoms with Crippen LogP contribution in [0.1, 0.15) is 25.0 Å². The third kappa shape index (κ3) is 5.30. The van der Waals surface area contributed by atoms with Crippen molar-refractivity contribution < 1.29 is 0 Å². The Morgan fingerprint density at radius 1 is 0.407 bits per heavy atom. The van der Waals surface area contributed by atoms with Crippen LogP contribution in [-0.2, 0) is 5.41 Å². The monoisotopic (exact) mass is 790 g/mol. The Morgan fingerprint density at radius 3 is 1.46 bits per heavy atom. The number of anilines is 3. The van der Waals surface area contributed by atoms with Crippen LogP contribution in [0.25, 0.3) is 79.7 Å². The van der Waals surface area contributed by atoms with E-state index in [0.717, 1.165) is 17.1 Å². The van der Waals surface area contributed by atoms with Gasteiger partial charge in [-0.2, -0.15) is 0 Å². The van der Waals surface area contributed by atoms with Crippen molar-refractivity contribution in [1.29, 1.82) is 0 Å². The van der Waals surface area contributed by atoms with Crippen LogP contribution in [0.5, 0.6) is 0 Å². The molecule has 0 radical (unpaired) electrons. The van der Waals surface area contributed by atoms with Crippen molar-refractivity contribution in [2.75, 3.05) is 4.90 Å². The molecule has 0 N–H and O–H groups in total. The largest absolute Gasteiger partial charge is 0.310 e. The smallest absolute Gasteiger partial charge is 0.110 e. The van der Waals surface area contributed by atoms with Gasteiger partial charge in [-0.3, -0.25) is 4.57 Å². The van der Waals surface area contributed by atoms with E-state index in [2.05, 4.69) is 217 Å². The standard InChI is InChI=1S/C55H38N2S2/c1-55(2)47-17-9-6-14-43(47)44-33-32-42(34-48(44)55)56(39-26-20-36(21-27-39)35-12-4-3-5-13-35)40-28-22-37(23-29-40)38-24-30-41(31-25-38)57-53-51(45-15-7-10-18-49(45)58-53)52-46-16-8-11-19-50(46)59-54(52)57/h3-34H,1-2H3. The molecule has 0 spiro atoms. The Balaban J connectivity index is 0.930. The molecular weight excluding hydrogens is 753 g/mol. The van der Waals surface area contributed by atoms with Crippen molar-refractivity contribution >= 4 is 80.3 Å². The van der Waals surface area contributed by atoms with Gasteiger partial charge in [0.25, 0.3) is 0 Å². The highest BCUT2D eigenvalue weighted by molar-refractivity contribution is 7.28. The molecule has 2 nitrogen and oxygen atoms in total. The van der Waals surface area contributed by atoms with Crippen molar-refractivity contribution in [3.8, 4) is 39.1 Å². The van der Waals surface area contributed by atoms with Gasteiger partial charge in [-0.05, 0) is 105 Å². The second-order valence-electron chi connectivity index (χ2n) is 16.1. The van der Waals surface area contributed by atoms with Gasteiger partial charge in [-0.15, -0.1) is 22.7 Å². The number of fused-ring (bicyclic) bond motifs is 10. The van der Waals surface area contributed by atoms with Gasteiger partial charge < -0.3 is 4.90 Å². The Kier molecular flexibility index (Phi) is 7.65. The first kappa shape index (κ1) is 34.3. The van der Waals surface area contributed by atoms with Crippen molar-refractivity contribution in [2.45, 2.75) is 19.3 Å². The Bertz CT molecular complexity index is 3300. The highest BCUT2D eigenvalue weighted by Crippen LogP contribution is 2.51. The molecule has 4 heteroatoms. The second kappa shape index (κ2) is 13.2. The molecule has 0 fully saturated rings. The summed E-state index contributed by atoms with van der Waals surface area (Å²) in [7, 11) is 0. The van der Waals surface area contributed by atoms with Crippen molar-refractivity contribution in [3.63, 3.8) is 0 Å². The van der Waals surface area contributed by atoms with E-state index in [1.165, 1.54) is 90.8 Å². The van der Waals surface area contributed by atoms with Gasteiger partial charge in [0.2, 0.25) is 0 Å². The van der Waals surface area contributed by atoms with Crippen LogP contribution < -0.4 is 4.90 Å². The Labute approximate surface area is 351 Å². The van der Waals surface area contributed by atoms with Crippen molar-refractivity contribution in [2.24, 2.45) is 0 Å². The average molecular weight is 791 g/mol. The van der Waals surface area contributed by atoms with Crippen LogP contribution in [0.15, 0.2) is 194 Å². The third-order valence-electron chi connectivity index (χ3n) is 12.5. The number of nitrogens with zero attached hydrogens (tertiary/aromatic N) is 2. The zero-order valence-electron chi connectivity index (χ0n) is 32.7. The summed E-state index contributed by atoms with van der Waals surface area (Å²) in [5.74, 6) is 0. The maximum absolute atomic E-state index is 2.49. The maximum atomic E-state index is 2.49. The summed E-state index contributed by atoms with van der Waals surface area (Å²) in [6.45, 7) is 4.71. The predicted molar refractivity (Wildman–Crippen MR) is 255 cm³/mol. The molecule has 12 rings (SSSR count). The Morgan fingerprint density at radius 2 is 0.864 bits per heavy atom. The lowest BCUT2D eigenvalue weighted by Crippen LogP contribution is -2.16. The second-order valence-corrected chi connectivity index (χ2v) is 18.2. The van der Waals surface area contributed by atoms with E-state index in [4.69, 9.17) is 0 Å². The molecule has 0 bridgehead atoms. The summed E-state index contributed by atoms with van der Waals surface area (Å²) in [6, 6.07) is 71.4. The first-order valence-electron chi connectivity index (χ1n) is 20.3. The van der Waals surface area contributed by atoms with E-state index in [-0.39, 0.29) is 5.41 Å². The average Bonchev–Trinajstić information content (AvgIpc) is 4.00. The molecule has 0 aliphatic heterocycles. The summed E-state index contributed by atoms with van der Waals surface area (Å²) in [4.78, 5) is 5.02. The van der Waals surface area contributed by atoms with Gasteiger partial charge >= 0.3 is 0 Å². The van der Waals surface area contributed by atoms with E-state index >= 15 is 0 Å². The number of hydrogen-bond acceptors (Lipinski definition) is 3. The topological polar surface area (TPSA) is 8.17 Å². The fraction of sp³-hybridized carbons (Fsp3) is 0.0545. The lowest BCUT2D eigenvalue weighted by Gasteiger charge is -2.28. The molecule has 3 aromatic heterocycles. The summed E-state index contributed by atoms with van der Waals surface area (Å²) < 4.78 is 5.15. The van der Waals surface area contributed by atoms with Gasteiger partial charge in [0.15, 0.2) is 0 Å². The van der Waals surface area contributed by atoms with Crippen LogP contribution in [0.4, 0.5) is 17.1 Å². The van der Waals surface area contributed by atoms with Crippen LogP contribution in [0.3, 0.4) is 0 Å². The summed E-state index contributed by atoms with van der Waals surface area (Å²) >= 11 is 3.78. The summed E-state index contributed by atoms with van der Waals surface area (Å²) in [5, 5.41) is 5.42. The summed E-state index contributed by atoms with van der Waals surface area (Å²) in [5.41, 5.74) is 14.7. The molecule has 0 unspecified atom stereocenters. The van der Waals surface area contributed by atoms with Crippen molar-refractivity contribution in [1.82, 2.24) is 4.57 Å². The zero-order chi connectivity index (χ0) is 39.2. The van der Waals surface area contributed by atoms with E-state index in [1.807, 2.05) is 22.7 Å². The molecule has 11 aromatic rings. The van der Waals surface area contributed by atoms with Gasteiger partial charge in [0, 0.05) is 59.1 Å². The SMILES string of the molecule is CC1(C)c2ccccc2-c2ccc(N(c3ccc(-c4ccccc4)cc3)c3ccc(-c4ccc(-n5c6sc7ccccc7c6c6c7ccccc7sc65)cc4)cc3)cc21. The highest BCUT2D eigenvalue weighted by atomic mass is 32.1. The van der Waals surface area contributed by atoms with E-state index < -0.39 is 0 Å². The molecule has 3 heterocycles. The number of benzene rings is 8. The molecule has 0 saturated carbocycles. The van der Waals surface area contributed by atoms with E-state index in [1.54, 1.807) is 0 Å². The number of aromatic nitrogens is 1. The molecule has 1 aliphatic carbocycles. The fourth-order valence-corrected chi connectivity index (χ4v) is 12.0. The lowest BCUT2D eigenvalue weighted by atomic mass is 9.82. The molecule has 0 saturated heterocycles. The lowest BCUT2D eigenvalue weighted by molar-refractivity contribution is 0.660. The normalized spacial score (nSPS) is 13.1. The van der Waals surface area contributed by atoms with Crippen LogP contribution in [0, 0.1) is 0 Å². The molecule has 8 aromatic carbocycles. The van der Waals surface area contributed by atoms with Gasteiger partial charge in [0.05, 0.1) is 0 Å². The Hall–Kier alpha value is -6.72. The number of thiophene rings is 2. The number of hydrogen-bond donors (Lipinski definition) is 0.